The third-order valence-electron chi connectivity index (χ3n) is 2.71. The fraction of sp³-hybridized carbons (Fsp3) is 0.308. The van der Waals surface area contributed by atoms with Crippen LogP contribution in [0.25, 0.3) is 10.9 Å². The number of ether oxygens (including phenoxy) is 3. The normalized spacial score (nSPS) is 18.1. The summed E-state index contributed by atoms with van der Waals surface area (Å²) in [6, 6.07) is 7.79. The maximum Gasteiger partial charge on any atom is 0.145 e. The summed E-state index contributed by atoms with van der Waals surface area (Å²) in [5, 5.41) is 1.01. The molecule has 1 aliphatic rings. The minimum atomic E-state index is 0.260. The maximum atomic E-state index is 5.58. The summed E-state index contributed by atoms with van der Waals surface area (Å²) in [4.78, 5) is 4.36. The molecular weight excluding hydrogens is 218 g/mol. The van der Waals surface area contributed by atoms with E-state index in [2.05, 4.69) is 4.98 Å². The summed E-state index contributed by atoms with van der Waals surface area (Å²) >= 11 is 0. The number of para-hydroxylation sites is 1. The van der Waals surface area contributed by atoms with E-state index in [0.29, 0.717) is 6.61 Å². The second-order valence-electron chi connectivity index (χ2n) is 3.97. The van der Waals surface area contributed by atoms with Crippen LogP contribution < -0.4 is 9.47 Å². The molecule has 1 atom stereocenters. The van der Waals surface area contributed by atoms with Crippen LogP contribution >= 0.6 is 0 Å². The molecule has 0 amide bonds. The Hall–Kier alpha value is -1.81. The van der Waals surface area contributed by atoms with E-state index in [0.717, 1.165) is 29.0 Å². The van der Waals surface area contributed by atoms with Gasteiger partial charge in [-0.25, -0.2) is 4.98 Å². The fourth-order valence-corrected chi connectivity index (χ4v) is 1.71. The molecule has 4 heteroatoms. The second-order valence-corrected chi connectivity index (χ2v) is 3.97. The van der Waals surface area contributed by atoms with Crippen molar-refractivity contribution < 1.29 is 14.2 Å². The summed E-state index contributed by atoms with van der Waals surface area (Å²) in [5.74, 6) is 1.54. The Morgan fingerprint density at radius 2 is 2.35 bits per heavy atom. The largest absolute Gasteiger partial charge is 0.494 e. The molecule has 1 fully saturated rings. The number of aromatic nitrogens is 1. The molecule has 1 aliphatic heterocycles. The number of hydrogen-bond acceptors (Lipinski definition) is 4. The Morgan fingerprint density at radius 3 is 3.12 bits per heavy atom. The van der Waals surface area contributed by atoms with Gasteiger partial charge in [-0.1, -0.05) is 12.1 Å². The van der Waals surface area contributed by atoms with E-state index in [-0.39, 0.29) is 6.10 Å². The van der Waals surface area contributed by atoms with E-state index in [9.17, 15) is 0 Å². The summed E-state index contributed by atoms with van der Waals surface area (Å²) in [7, 11) is 1.64. The van der Waals surface area contributed by atoms with Crippen LogP contribution in [0.5, 0.6) is 11.5 Å². The van der Waals surface area contributed by atoms with E-state index in [1.54, 1.807) is 13.3 Å². The van der Waals surface area contributed by atoms with Gasteiger partial charge in [0, 0.05) is 5.39 Å². The molecule has 0 bridgehead atoms. The third-order valence-corrected chi connectivity index (χ3v) is 2.71. The maximum absolute atomic E-state index is 5.58. The summed E-state index contributed by atoms with van der Waals surface area (Å²) in [5.41, 5.74) is 0.852. The van der Waals surface area contributed by atoms with Crippen molar-refractivity contribution in [3.63, 3.8) is 0 Å². The first kappa shape index (κ1) is 10.4. The lowest BCUT2D eigenvalue weighted by molar-refractivity contribution is 0.262. The van der Waals surface area contributed by atoms with Crippen molar-refractivity contribution in [2.75, 3.05) is 20.3 Å². The van der Waals surface area contributed by atoms with E-state index < -0.39 is 0 Å². The van der Waals surface area contributed by atoms with Gasteiger partial charge >= 0.3 is 0 Å². The molecule has 0 aliphatic carbocycles. The Labute approximate surface area is 99.1 Å². The minimum Gasteiger partial charge on any atom is -0.494 e. The molecule has 3 rings (SSSR count). The zero-order valence-electron chi connectivity index (χ0n) is 9.55. The molecule has 0 saturated carbocycles. The van der Waals surface area contributed by atoms with Crippen LogP contribution in [0.4, 0.5) is 0 Å². The molecule has 1 unspecified atom stereocenters. The minimum absolute atomic E-state index is 0.260. The van der Waals surface area contributed by atoms with E-state index >= 15 is 0 Å². The summed E-state index contributed by atoms with van der Waals surface area (Å²) in [6.45, 7) is 1.39. The van der Waals surface area contributed by atoms with Crippen molar-refractivity contribution in [1.82, 2.24) is 4.98 Å². The first-order valence-electron chi connectivity index (χ1n) is 5.54. The molecule has 2 aromatic rings. The SMILES string of the molecule is COc1cccc2cc(OCC3CO3)cnc12. The van der Waals surface area contributed by atoms with Gasteiger partial charge in [-0.2, -0.15) is 0 Å². The quantitative estimate of drug-likeness (QED) is 0.755. The molecule has 0 spiro atoms. The van der Waals surface area contributed by atoms with Crippen LogP contribution in [0.1, 0.15) is 0 Å². The van der Waals surface area contributed by atoms with Gasteiger partial charge in [-0.05, 0) is 12.1 Å². The Balaban J connectivity index is 1.89. The lowest BCUT2D eigenvalue weighted by atomic mass is 10.2. The predicted octanol–water partition coefficient (Wildman–Crippen LogP) is 2.02. The molecule has 1 aromatic carbocycles. The van der Waals surface area contributed by atoms with Gasteiger partial charge in [0.1, 0.15) is 29.7 Å². The number of nitrogens with zero attached hydrogens (tertiary/aromatic N) is 1. The Bertz CT molecular complexity index is 537. The van der Waals surface area contributed by atoms with E-state index in [1.807, 2.05) is 24.3 Å². The van der Waals surface area contributed by atoms with Crippen molar-refractivity contribution in [2.45, 2.75) is 6.10 Å². The number of benzene rings is 1. The molecule has 2 heterocycles. The lowest BCUT2D eigenvalue weighted by Gasteiger charge is -2.07. The van der Waals surface area contributed by atoms with Gasteiger partial charge < -0.3 is 14.2 Å². The second kappa shape index (κ2) is 4.22. The number of epoxide rings is 1. The Morgan fingerprint density at radius 1 is 1.47 bits per heavy atom. The molecule has 4 nitrogen and oxygen atoms in total. The predicted molar refractivity (Wildman–Crippen MR) is 63.5 cm³/mol. The first-order valence-corrected chi connectivity index (χ1v) is 5.54. The molecule has 17 heavy (non-hydrogen) atoms. The Kier molecular flexibility index (Phi) is 2.57. The highest BCUT2D eigenvalue weighted by molar-refractivity contribution is 5.85. The van der Waals surface area contributed by atoms with Gasteiger partial charge in [0.25, 0.3) is 0 Å². The van der Waals surface area contributed by atoms with Crippen molar-refractivity contribution in [1.29, 1.82) is 0 Å². The summed E-state index contributed by atoms with van der Waals surface area (Å²) in [6.07, 6.45) is 1.98. The molecule has 0 radical (unpaired) electrons. The smallest absolute Gasteiger partial charge is 0.145 e. The van der Waals surface area contributed by atoms with Crippen LogP contribution in [0.3, 0.4) is 0 Å². The average Bonchev–Trinajstić information content (AvgIpc) is 3.19. The van der Waals surface area contributed by atoms with Crippen LogP contribution in [0.15, 0.2) is 30.5 Å². The molecular formula is C13H13NO3. The standard InChI is InChI=1S/C13H13NO3/c1-15-12-4-2-3-9-5-10(6-14-13(9)12)16-7-11-8-17-11/h2-6,11H,7-8H2,1H3. The highest BCUT2D eigenvalue weighted by Gasteiger charge is 2.23. The van der Waals surface area contributed by atoms with Crippen LogP contribution in [0.2, 0.25) is 0 Å². The van der Waals surface area contributed by atoms with E-state index in [4.69, 9.17) is 14.2 Å². The van der Waals surface area contributed by atoms with Crippen LogP contribution in [-0.4, -0.2) is 31.4 Å². The van der Waals surface area contributed by atoms with Gasteiger partial charge in [0.2, 0.25) is 0 Å². The number of pyridine rings is 1. The van der Waals surface area contributed by atoms with Gasteiger partial charge in [0.15, 0.2) is 0 Å². The molecule has 0 N–H and O–H groups in total. The van der Waals surface area contributed by atoms with Crippen molar-refractivity contribution >= 4 is 10.9 Å². The molecule has 88 valence electrons. The number of rotatable bonds is 4. The van der Waals surface area contributed by atoms with Gasteiger partial charge in [-0.3, -0.25) is 0 Å². The highest BCUT2D eigenvalue weighted by atomic mass is 16.6. The number of hydrogen-bond donors (Lipinski definition) is 0. The topological polar surface area (TPSA) is 43.9 Å². The lowest BCUT2D eigenvalue weighted by Crippen LogP contribution is -2.04. The van der Waals surface area contributed by atoms with Crippen molar-refractivity contribution in [3.05, 3.63) is 30.5 Å². The average molecular weight is 231 g/mol. The number of fused-ring (bicyclic) bond motifs is 1. The highest BCUT2D eigenvalue weighted by Crippen LogP contribution is 2.26. The van der Waals surface area contributed by atoms with Crippen LogP contribution in [0, 0.1) is 0 Å². The monoisotopic (exact) mass is 231 g/mol. The van der Waals surface area contributed by atoms with Crippen LogP contribution in [-0.2, 0) is 4.74 Å². The zero-order valence-corrected chi connectivity index (χ0v) is 9.55. The first-order chi connectivity index (χ1) is 8.36. The van der Waals surface area contributed by atoms with Crippen molar-refractivity contribution in [3.8, 4) is 11.5 Å². The molecule has 1 aromatic heterocycles. The fourth-order valence-electron chi connectivity index (χ4n) is 1.71. The molecule has 1 saturated heterocycles. The third kappa shape index (κ3) is 2.17. The summed E-state index contributed by atoms with van der Waals surface area (Å²) < 4.78 is 15.9. The van der Waals surface area contributed by atoms with Crippen molar-refractivity contribution in [2.24, 2.45) is 0 Å². The van der Waals surface area contributed by atoms with E-state index in [1.165, 1.54) is 0 Å². The zero-order chi connectivity index (χ0) is 11.7. The van der Waals surface area contributed by atoms with Gasteiger partial charge in [-0.15, -0.1) is 0 Å². The van der Waals surface area contributed by atoms with Gasteiger partial charge in [0.05, 0.1) is 19.9 Å². The number of methoxy groups -OCH3 is 1.